The van der Waals surface area contributed by atoms with E-state index in [0.29, 0.717) is 49.3 Å². The van der Waals surface area contributed by atoms with E-state index in [2.05, 4.69) is 4.98 Å². The quantitative estimate of drug-likeness (QED) is 0.443. The Labute approximate surface area is 197 Å². The highest BCUT2D eigenvalue weighted by atomic mass is 19.2. The van der Waals surface area contributed by atoms with Gasteiger partial charge in [0.25, 0.3) is 0 Å². The van der Waals surface area contributed by atoms with E-state index in [4.69, 9.17) is 0 Å². The summed E-state index contributed by atoms with van der Waals surface area (Å²) in [6.45, 7) is 3.94. The summed E-state index contributed by atoms with van der Waals surface area (Å²) in [5, 5.41) is 10.1. The first-order valence-electron chi connectivity index (χ1n) is 11.1. The van der Waals surface area contributed by atoms with Gasteiger partial charge < -0.3 is 19.5 Å². The van der Waals surface area contributed by atoms with Crippen LogP contribution in [-0.4, -0.2) is 46.8 Å². The molecule has 1 N–H and O–H groups in total. The molecule has 0 amide bonds. The van der Waals surface area contributed by atoms with Crippen LogP contribution in [0.5, 0.6) is 0 Å². The molecule has 2 aromatic carbocycles. The van der Waals surface area contributed by atoms with E-state index in [9.17, 15) is 23.5 Å². The Morgan fingerprint density at radius 2 is 1.71 bits per heavy atom. The molecule has 0 unspecified atom stereocenters. The second-order valence-electron chi connectivity index (χ2n) is 8.37. The number of nitrogens with zero attached hydrogens (tertiary/aromatic N) is 4. The molecular weight excluding hydrogens is 461 g/mol. The minimum absolute atomic E-state index is 0.179. The van der Waals surface area contributed by atoms with Crippen molar-refractivity contribution in [3.63, 3.8) is 0 Å². The third kappa shape index (κ3) is 3.84. The smallest absolute Gasteiger partial charge is 0.341 e. The number of hydrogen-bond donors (Lipinski definition) is 1. The van der Waals surface area contributed by atoms with Gasteiger partial charge in [0.2, 0.25) is 5.43 Å². The Morgan fingerprint density at radius 3 is 2.37 bits per heavy atom. The summed E-state index contributed by atoms with van der Waals surface area (Å²) in [5.41, 5.74) is 0.513. The predicted molar refractivity (Wildman–Crippen MR) is 127 cm³/mol. The zero-order chi connectivity index (χ0) is 24.9. The Balaban J connectivity index is 1.56. The summed E-state index contributed by atoms with van der Waals surface area (Å²) >= 11 is 0. The fourth-order valence-electron chi connectivity index (χ4n) is 4.61. The summed E-state index contributed by atoms with van der Waals surface area (Å²) in [5.74, 6) is -3.70. The average molecular weight is 482 g/mol. The molecule has 1 aliphatic heterocycles. The number of pyridine rings is 2. The normalized spacial score (nSPS) is 14.2. The first-order valence-corrected chi connectivity index (χ1v) is 11.1. The topological polar surface area (TPSA) is 78.7 Å². The molecule has 1 saturated heterocycles. The van der Waals surface area contributed by atoms with Crippen molar-refractivity contribution < 1.29 is 23.1 Å². The van der Waals surface area contributed by atoms with E-state index >= 15 is 4.39 Å². The number of carboxylic acid groups (broad SMARTS) is 1. The molecule has 5 rings (SSSR count). The van der Waals surface area contributed by atoms with Gasteiger partial charge in [-0.25, -0.2) is 18.0 Å². The molecule has 3 heterocycles. The minimum atomic E-state index is -1.33. The Bertz CT molecular complexity index is 1550. The summed E-state index contributed by atoms with van der Waals surface area (Å²) < 4.78 is 43.7. The fraction of sp³-hybridized carbons (Fsp3) is 0.240. The summed E-state index contributed by atoms with van der Waals surface area (Å²) in [6, 6.07) is 6.50. The highest BCUT2D eigenvalue weighted by Crippen LogP contribution is 2.30. The van der Waals surface area contributed by atoms with Gasteiger partial charge in [0, 0.05) is 62.1 Å². The van der Waals surface area contributed by atoms with Crippen LogP contribution in [0.3, 0.4) is 0 Å². The Morgan fingerprint density at radius 1 is 1.00 bits per heavy atom. The van der Waals surface area contributed by atoms with E-state index in [1.54, 1.807) is 10.6 Å². The molecule has 0 bridgehead atoms. The van der Waals surface area contributed by atoms with Crippen molar-refractivity contribution in [3.05, 3.63) is 76.0 Å². The summed E-state index contributed by atoms with van der Waals surface area (Å²) in [4.78, 5) is 32.8. The van der Waals surface area contributed by atoms with Crippen LogP contribution in [0, 0.1) is 17.5 Å². The number of carbonyl (C=O) groups is 1. The lowest BCUT2D eigenvalue weighted by Gasteiger charge is -2.37. The van der Waals surface area contributed by atoms with E-state index in [0.717, 1.165) is 12.1 Å². The van der Waals surface area contributed by atoms with Crippen LogP contribution in [-0.2, 0) is 6.54 Å². The number of anilines is 2. The Kier molecular flexibility index (Phi) is 5.58. The largest absolute Gasteiger partial charge is 0.477 e. The number of benzene rings is 2. The maximum absolute atomic E-state index is 15.1. The van der Waals surface area contributed by atoms with E-state index in [1.807, 2.05) is 16.7 Å². The van der Waals surface area contributed by atoms with Gasteiger partial charge in [0.15, 0.2) is 11.6 Å². The van der Waals surface area contributed by atoms with E-state index in [-0.39, 0.29) is 22.2 Å². The zero-order valence-corrected chi connectivity index (χ0v) is 18.8. The molecule has 7 nitrogen and oxygen atoms in total. The second kappa shape index (κ2) is 8.61. The van der Waals surface area contributed by atoms with Crippen molar-refractivity contribution in [1.82, 2.24) is 9.55 Å². The van der Waals surface area contributed by atoms with Gasteiger partial charge in [-0.15, -0.1) is 0 Å². The number of hydrogen-bond acceptors (Lipinski definition) is 5. The number of halogens is 3. The van der Waals surface area contributed by atoms with Gasteiger partial charge in [0.05, 0.1) is 28.3 Å². The molecule has 0 spiro atoms. The maximum atomic E-state index is 15.1. The number of aromatic carboxylic acids is 1. The molecule has 1 aliphatic rings. The lowest BCUT2D eigenvalue weighted by Crippen LogP contribution is -2.46. The first-order chi connectivity index (χ1) is 16.8. The molecule has 4 aromatic rings. The van der Waals surface area contributed by atoms with Gasteiger partial charge in [-0.3, -0.25) is 9.78 Å². The van der Waals surface area contributed by atoms with Crippen molar-refractivity contribution in [3.8, 4) is 0 Å². The molecule has 0 saturated carbocycles. The van der Waals surface area contributed by atoms with Crippen LogP contribution in [0.25, 0.3) is 21.8 Å². The number of aryl methyl sites for hydroxylation is 1. The van der Waals surface area contributed by atoms with Gasteiger partial charge in [-0.1, -0.05) is 0 Å². The van der Waals surface area contributed by atoms with Crippen LogP contribution >= 0.6 is 0 Å². The Hall–Kier alpha value is -4.08. The highest BCUT2D eigenvalue weighted by molar-refractivity contribution is 6.07. The lowest BCUT2D eigenvalue weighted by molar-refractivity contribution is 0.0695. The van der Waals surface area contributed by atoms with Crippen LogP contribution in [0.1, 0.15) is 17.3 Å². The molecule has 0 atom stereocenters. The molecule has 0 aliphatic carbocycles. The molecule has 180 valence electrons. The van der Waals surface area contributed by atoms with Gasteiger partial charge in [-0.05, 0) is 25.1 Å². The third-order valence-corrected chi connectivity index (χ3v) is 6.44. The number of aromatic nitrogens is 2. The van der Waals surface area contributed by atoms with Crippen molar-refractivity contribution in [2.45, 2.75) is 13.5 Å². The van der Waals surface area contributed by atoms with Gasteiger partial charge in [-0.2, -0.15) is 0 Å². The second-order valence-corrected chi connectivity index (χ2v) is 8.37. The molecule has 0 radical (unpaired) electrons. The molecule has 10 heteroatoms. The first kappa shape index (κ1) is 22.7. The molecule has 2 aromatic heterocycles. The van der Waals surface area contributed by atoms with Crippen LogP contribution in [0.2, 0.25) is 0 Å². The summed E-state index contributed by atoms with van der Waals surface area (Å²) in [7, 11) is 0. The number of piperazine rings is 1. The van der Waals surface area contributed by atoms with Crippen LogP contribution in [0.4, 0.5) is 24.5 Å². The van der Waals surface area contributed by atoms with Crippen molar-refractivity contribution >= 4 is 39.1 Å². The fourth-order valence-corrected chi connectivity index (χ4v) is 4.61. The van der Waals surface area contributed by atoms with Gasteiger partial charge >= 0.3 is 5.97 Å². The van der Waals surface area contributed by atoms with Crippen molar-refractivity contribution in [1.29, 1.82) is 0 Å². The zero-order valence-electron chi connectivity index (χ0n) is 18.8. The van der Waals surface area contributed by atoms with E-state index in [1.165, 1.54) is 24.5 Å². The number of fused-ring (bicyclic) bond motifs is 3. The average Bonchev–Trinajstić information content (AvgIpc) is 2.85. The predicted octanol–water partition coefficient (Wildman–Crippen LogP) is 4.01. The maximum Gasteiger partial charge on any atom is 0.341 e. The van der Waals surface area contributed by atoms with Crippen LogP contribution in [0.15, 0.2) is 47.5 Å². The monoisotopic (exact) mass is 482 g/mol. The molecular formula is C25H21F3N4O3. The number of carboxylic acids is 1. The lowest BCUT2D eigenvalue weighted by atomic mass is 10.0. The standard InChI is InChI=1S/C25H21F3N4O3/c1-2-30-13-16(25(34)35)24(33)23-15-10-21(19(28)11-20(15)29-12-22(23)30)32-7-5-31(6-8-32)14-3-4-17(26)18(27)9-14/h3-4,9-13H,2,5-8H2,1H3,(H,34,35). The SMILES string of the molecule is CCn1cc(C(=O)O)c(=O)c2c3cc(N4CCN(c5ccc(F)c(F)c5)CC4)c(F)cc3ncc21. The van der Waals surface area contributed by atoms with Crippen LogP contribution < -0.4 is 15.2 Å². The number of rotatable bonds is 4. The summed E-state index contributed by atoms with van der Waals surface area (Å²) in [6.07, 6.45) is 2.75. The van der Waals surface area contributed by atoms with Crippen molar-refractivity contribution in [2.75, 3.05) is 36.0 Å². The third-order valence-electron chi connectivity index (χ3n) is 6.44. The molecule has 35 heavy (non-hydrogen) atoms. The molecule has 1 fully saturated rings. The van der Waals surface area contributed by atoms with Gasteiger partial charge in [0.1, 0.15) is 11.4 Å². The van der Waals surface area contributed by atoms with Crippen molar-refractivity contribution in [2.24, 2.45) is 0 Å². The minimum Gasteiger partial charge on any atom is -0.477 e. The highest BCUT2D eigenvalue weighted by Gasteiger charge is 2.23. The van der Waals surface area contributed by atoms with E-state index < -0.39 is 28.8 Å².